The smallest absolute Gasteiger partial charge is 0.336 e. The lowest BCUT2D eigenvalue weighted by molar-refractivity contribution is 0.0694. The molecule has 0 bridgehead atoms. The number of carbonyl (C=O) groups is 1. The fraction of sp³-hybridized carbons (Fsp3) is 0.214. The van der Waals surface area contributed by atoms with Gasteiger partial charge in [-0.3, -0.25) is 4.90 Å². The zero-order valence-corrected chi connectivity index (χ0v) is 13.2. The van der Waals surface area contributed by atoms with Crippen LogP contribution in [0.5, 0.6) is 0 Å². The van der Waals surface area contributed by atoms with Crippen molar-refractivity contribution in [2.24, 2.45) is 0 Å². The lowest BCUT2D eigenvalue weighted by Crippen LogP contribution is -2.19. The molecular weight excluding hydrogens is 345 g/mol. The standard InChI is InChI=1S/C14H13BrFNO2S/c1-17(6-9-4-13(15)20-8-9)7-10-2-3-11(16)5-12(10)14(18)19/h2-5,8H,6-7H2,1H3,(H,18,19). The molecule has 2 aromatic rings. The van der Waals surface area contributed by atoms with E-state index in [0.29, 0.717) is 18.7 Å². The van der Waals surface area contributed by atoms with Gasteiger partial charge in [0.2, 0.25) is 0 Å². The van der Waals surface area contributed by atoms with E-state index in [0.717, 1.165) is 15.4 Å². The molecule has 0 spiro atoms. The van der Waals surface area contributed by atoms with Crippen LogP contribution in [0.3, 0.4) is 0 Å². The third kappa shape index (κ3) is 3.88. The third-order valence-corrected chi connectivity index (χ3v) is 4.37. The van der Waals surface area contributed by atoms with Crippen LogP contribution in [0.2, 0.25) is 0 Å². The number of benzene rings is 1. The van der Waals surface area contributed by atoms with Crippen molar-refractivity contribution in [3.63, 3.8) is 0 Å². The second-order valence-corrected chi connectivity index (χ2v) is 6.83. The molecule has 0 fully saturated rings. The van der Waals surface area contributed by atoms with Crippen LogP contribution >= 0.6 is 27.3 Å². The minimum Gasteiger partial charge on any atom is -0.478 e. The lowest BCUT2D eigenvalue weighted by atomic mass is 10.1. The summed E-state index contributed by atoms with van der Waals surface area (Å²) in [5, 5.41) is 11.2. The molecule has 0 saturated carbocycles. The van der Waals surface area contributed by atoms with Crippen LogP contribution in [0, 0.1) is 5.82 Å². The Morgan fingerprint density at radius 2 is 2.15 bits per heavy atom. The van der Waals surface area contributed by atoms with E-state index in [9.17, 15) is 9.18 Å². The summed E-state index contributed by atoms with van der Waals surface area (Å²) in [5.74, 6) is -1.64. The Hall–Kier alpha value is -1.24. The number of aromatic carboxylic acids is 1. The minimum absolute atomic E-state index is 0.0170. The van der Waals surface area contributed by atoms with Crippen molar-refractivity contribution in [2.45, 2.75) is 13.1 Å². The normalized spacial score (nSPS) is 11.0. The molecule has 0 amide bonds. The maximum absolute atomic E-state index is 13.1. The topological polar surface area (TPSA) is 40.5 Å². The average Bonchev–Trinajstić information content (AvgIpc) is 2.76. The Bertz CT molecular complexity index is 629. The first-order valence-electron chi connectivity index (χ1n) is 5.89. The first kappa shape index (κ1) is 15.2. The van der Waals surface area contributed by atoms with Gasteiger partial charge in [-0.2, -0.15) is 0 Å². The van der Waals surface area contributed by atoms with Gasteiger partial charge in [0.05, 0.1) is 9.35 Å². The molecular formula is C14H13BrFNO2S. The van der Waals surface area contributed by atoms with Gasteiger partial charge in [-0.05, 0) is 57.7 Å². The molecule has 1 heterocycles. The highest BCUT2D eigenvalue weighted by Gasteiger charge is 2.13. The summed E-state index contributed by atoms with van der Waals surface area (Å²) >= 11 is 5.02. The lowest BCUT2D eigenvalue weighted by Gasteiger charge is -2.17. The van der Waals surface area contributed by atoms with Crippen LogP contribution in [0.1, 0.15) is 21.5 Å². The van der Waals surface area contributed by atoms with Crippen molar-refractivity contribution in [2.75, 3.05) is 7.05 Å². The maximum Gasteiger partial charge on any atom is 0.336 e. The Kier molecular flexibility index (Phi) is 4.91. The molecule has 6 heteroatoms. The Morgan fingerprint density at radius 1 is 1.40 bits per heavy atom. The van der Waals surface area contributed by atoms with Gasteiger partial charge in [0, 0.05) is 13.1 Å². The molecule has 1 aromatic carbocycles. The summed E-state index contributed by atoms with van der Waals surface area (Å²) in [6.07, 6.45) is 0. The summed E-state index contributed by atoms with van der Waals surface area (Å²) in [4.78, 5) is 13.1. The number of hydrogen-bond donors (Lipinski definition) is 1. The first-order valence-corrected chi connectivity index (χ1v) is 7.56. The summed E-state index contributed by atoms with van der Waals surface area (Å²) in [6.45, 7) is 1.16. The fourth-order valence-electron chi connectivity index (χ4n) is 1.97. The van der Waals surface area contributed by atoms with E-state index >= 15 is 0 Å². The molecule has 0 aliphatic rings. The second kappa shape index (κ2) is 6.47. The molecule has 3 nitrogen and oxygen atoms in total. The average molecular weight is 358 g/mol. The van der Waals surface area contributed by atoms with Gasteiger partial charge in [-0.1, -0.05) is 6.07 Å². The van der Waals surface area contributed by atoms with Gasteiger partial charge >= 0.3 is 5.97 Å². The number of nitrogens with zero attached hydrogens (tertiary/aromatic N) is 1. The van der Waals surface area contributed by atoms with Gasteiger partial charge < -0.3 is 5.11 Å². The predicted molar refractivity (Wildman–Crippen MR) is 80.5 cm³/mol. The van der Waals surface area contributed by atoms with Crippen LogP contribution < -0.4 is 0 Å². The molecule has 20 heavy (non-hydrogen) atoms. The van der Waals surface area contributed by atoms with Gasteiger partial charge in [0.1, 0.15) is 5.82 Å². The maximum atomic E-state index is 13.1. The first-order chi connectivity index (χ1) is 9.45. The van der Waals surface area contributed by atoms with Crippen LogP contribution in [0.15, 0.2) is 33.4 Å². The van der Waals surface area contributed by atoms with E-state index in [1.807, 2.05) is 23.4 Å². The Labute approximate surface area is 128 Å². The summed E-state index contributed by atoms with van der Waals surface area (Å²) in [6, 6.07) is 5.91. The zero-order chi connectivity index (χ0) is 14.7. The Balaban J connectivity index is 2.11. The van der Waals surface area contributed by atoms with Crippen molar-refractivity contribution in [3.8, 4) is 0 Å². The van der Waals surface area contributed by atoms with Crippen LogP contribution in [-0.4, -0.2) is 23.0 Å². The molecule has 106 valence electrons. The third-order valence-electron chi connectivity index (χ3n) is 2.82. The van der Waals surface area contributed by atoms with E-state index in [1.54, 1.807) is 11.3 Å². The van der Waals surface area contributed by atoms with Gasteiger partial charge in [-0.15, -0.1) is 11.3 Å². The number of rotatable bonds is 5. The number of carboxylic acid groups (broad SMARTS) is 1. The van der Waals surface area contributed by atoms with Crippen LogP contribution in [0.25, 0.3) is 0 Å². The molecule has 0 aliphatic carbocycles. The molecule has 0 radical (unpaired) electrons. The van der Waals surface area contributed by atoms with Crippen molar-refractivity contribution in [3.05, 3.63) is 55.9 Å². The van der Waals surface area contributed by atoms with E-state index < -0.39 is 11.8 Å². The predicted octanol–water partition coefficient (Wildman–Crippen LogP) is 3.98. The van der Waals surface area contributed by atoms with E-state index in [1.165, 1.54) is 12.1 Å². The quantitative estimate of drug-likeness (QED) is 0.879. The van der Waals surface area contributed by atoms with Crippen molar-refractivity contribution >= 4 is 33.2 Å². The van der Waals surface area contributed by atoms with E-state index in [4.69, 9.17) is 5.11 Å². The fourth-order valence-corrected chi connectivity index (χ4v) is 3.17. The van der Waals surface area contributed by atoms with E-state index in [-0.39, 0.29) is 5.56 Å². The monoisotopic (exact) mass is 357 g/mol. The highest BCUT2D eigenvalue weighted by Crippen LogP contribution is 2.22. The van der Waals surface area contributed by atoms with Gasteiger partial charge in [-0.25, -0.2) is 9.18 Å². The van der Waals surface area contributed by atoms with Crippen LogP contribution in [0.4, 0.5) is 4.39 Å². The van der Waals surface area contributed by atoms with Gasteiger partial charge in [0.25, 0.3) is 0 Å². The minimum atomic E-state index is -1.11. The SMILES string of the molecule is CN(Cc1csc(Br)c1)Cc1ccc(F)cc1C(=O)O. The van der Waals surface area contributed by atoms with Gasteiger partial charge in [0.15, 0.2) is 0 Å². The molecule has 1 N–H and O–H groups in total. The highest BCUT2D eigenvalue weighted by molar-refractivity contribution is 9.11. The summed E-state index contributed by atoms with van der Waals surface area (Å²) in [5.41, 5.74) is 1.78. The molecule has 1 aromatic heterocycles. The van der Waals surface area contributed by atoms with Crippen LogP contribution in [-0.2, 0) is 13.1 Å². The zero-order valence-electron chi connectivity index (χ0n) is 10.8. The van der Waals surface area contributed by atoms with Crippen molar-refractivity contribution in [1.29, 1.82) is 0 Å². The largest absolute Gasteiger partial charge is 0.478 e. The molecule has 2 rings (SSSR count). The van der Waals surface area contributed by atoms with E-state index in [2.05, 4.69) is 15.9 Å². The summed E-state index contributed by atoms with van der Waals surface area (Å²) < 4.78 is 14.2. The number of halogens is 2. The molecule has 0 atom stereocenters. The van der Waals surface area contributed by atoms with Crippen molar-refractivity contribution in [1.82, 2.24) is 4.90 Å². The summed E-state index contributed by atoms with van der Waals surface area (Å²) in [7, 11) is 1.90. The number of thiophene rings is 1. The van der Waals surface area contributed by atoms with Crippen molar-refractivity contribution < 1.29 is 14.3 Å². The molecule has 0 unspecified atom stereocenters. The highest BCUT2D eigenvalue weighted by atomic mass is 79.9. The molecule has 0 aliphatic heterocycles. The molecule has 0 saturated heterocycles. The Morgan fingerprint density at radius 3 is 2.75 bits per heavy atom. The second-order valence-electron chi connectivity index (χ2n) is 4.54. The number of hydrogen-bond acceptors (Lipinski definition) is 3. The number of carboxylic acids is 1.